The van der Waals surface area contributed by atoms with Crippen LogP contribution in [0.4, 0.5) is 0 Å². The molecule has 0 spiro atoms. The molecular weight excluding hydrogens is 256 g/mol. The van der Waals surface area contributed by atoms with Crippen LogP contribution in [0.15, 0.2) is 24.3 Å². The Balaban J connectivity index is 2.05. The number of esters is 1. The minimum absolute atomic E-state index is 0.0657. The van der Waals surface area contributed by atoms with E-state index in [1.165, 1.54) is 7.11 Å². The molecule has 1 atom stereocenters. The summed E-state index contributed by atoms with van der Waals surface area (Å²) in [5, 5.41) is 2.89. The lowest BCUT2D eigenvalue weighted by Crippen LogP contribution is -2.54. The fourth-order valence-corrected chi connectivity index (χ4v) is 2.49. The monoisotopic (exact) mass is 276 g/mol. The summed E-state index contributed by atoms with van der Waals surface area (Å²) < 4.78 is 4.67. The van der Waals surface area contributed by atoms with Crippen LogP contribution in [0.1, 0.15) is 29.3 Å². The summed E-state index contributed by atoms with van der Waals surface area (Å²) in [7, 11) is 1.37. The Morgan fingerprint density at radius 2 is 2.10 bits per heavy atom. The molecule has 5 heteroatoms. The molecule has 0 bridgehead atoms. The van der Waals surface area contributed by atoms with Gasteiger partial charge >= 0.3 is 5.97 Å². The minimum atomic E-state index is -0.333. The minimum Gasteiger partial charge on any atom is -0.465 e. The molecule has 1 aromatic carbocycles. The van der Waals surface area contributed by atoms with Gasteiger partial charge in [-0.15, -0.1) is 0 Å². The highest BCUT2D eigenvalue weighted by Crippen LogP contribution is 2.14. The third-order valence-corrected chi connectivity index (χ3v) is 3.59. The zero-order chi connectivity index (χ0) is 14.5. The van der Waals surface area contributed by atoms with Gasteiger partial charge in [0.25, 0.3) is 0 Å². The first-order valence-electron chi connectivity index (χ1n) is 6.84. The van der Waals surface area contributed by atoms with Gasteiger partial charge in [-0.2, -0.15) is 0 Å². The van der Waals surface area contributed by atoms with Crippen LogP contribution in [0.25, 0.3) is 0 Å². The number of methoxy groups -OCH3 is 1. The predicted octanol–water partition coefficient (Wildman–Crippen LogP) is 1.18. The summed E-state index contributed by atoms with van der Waals surface area (Å²) in [5.41, 5.74) is 1.63. The van der Waals surface area contributed by atoms with Gasteiger partial charge in [0.2, 0.25) is 5.91 Å². The van der Waals surface area contributed by atoms with Crippen LogP contribution in [-0.4, -0.2) is 43.0 Å². The lowest BCUT2D eigenvalue weighted by atomic mass is 10.1. The van der Waals surface area contributed by atoms with E-state index in [-0.39, 0.29) is 17.9 Å². The standard InChI is InChI=1S/C15H20N2O3/c1-3-13-14(18)16-8-9-17(13)10-11-4-6-12(7-5-11)15(19)20-2/h4-7,13H,3,8-10H2,1-2H3,(H,16,18)/t13-/m1/s1. The number of nitrogens with zero attached hydrogens (tertiary/aromatic N) is 1. The Bertz CT molecular complexity index is 484. The Labute approximate surface area is 118 Å². The van der Waals surface area contributed by atoms with Gasteiger partial charge in [0, 0.05) is 19.6 Å². The summed E-state index contributed by atoms with van der Waals surface area (Å²) in [6.45, 7) is 4.27. The number of hydrogen-bond acceptors (Lipinski definition) is 4. The van der Waals surface area contributed by atoms with Crippen molar-refractivity contribution in [3.05, 3.63) is 35.4 Å². The fraction of sp³-hybridized carbons (Fsp3) is 0.467. The number of nitrogens with one attached hydrogen (secondary N) is 1. The number of benzene rings is 1. The van der Waals surface area contributed by atoms with Crippen molar-refractivity contribution in [3.63, 3.8) is 0 Å². The van der Waals surface area contributed by atoms with E-state index in [9.17, 15) is 9.59 Å². The van der Waals surface area contributed by atoms with Gasteiger partial charge in [-0.1, -0.05) is 19.1 Å². The van der Waals surface area contributed by atoms with Crippen molar-refractivity contribution in [2.45, 2.75) is 25.9 Å². The van der Waals surface area contributed by atoms with E-state index in [1.807, 2.05) is 19.1 Å². The molecule has 0 unspecified atom stereocenters. The largest absolute Gasteiger partial charge is 0.465 e. The molecule has 1 heterocycles. The van der Waals surface area contributed by atoms with Crippen LogP contribution >= 0.6 is 0 Å². The summed E-state index contributed by atoms with van der Waals surface area (Å²) >= 11 is 0. The van der Waals surface area contributed by atoms with E-state index >= 15 is 0 Å². The molecule has 1 aliphatic rings. The van der Waals surface area contributed by atoms with E-state index < -0.39 is 0 Å². The van der Waals surface area contributed by atoms with Gasteiger partial charge in [0.1, 0.15) is 0 Å². The number of piperazine rings is 1. The maximum Gasteiger partial charge on any atom is 0.337 e. The molecule has 1 aliphatic heterocycles. The first-order valence-corrected chi connectivity index (χ1v) is 6.84. The molecule has 0 aliphatic carbocycles. The van der Waals surface area contributed by atoms with Gasteiger partial charge in [0.05, 0.1) is 18.7 Å². The average molecular weight is 276 g/mol. The predicted molar refractivity (Wildman–Crippen MR) is 75.3 cm³/mol. The van der Waals surface area contributed by atoms with Crippen LogP contribution in [-0.2, 0) is 16.1 Å². The highest BCUT2D eigenvalue weighted by Gasteiger charge is 2.27. The number of carbonyl (C=O) groups excluding carboxylic acids is 2. The van der Waals surface area contributed by atoms with E-state index in [2.05, 4.69) is 15.0 Å². The molecule has 1 fully saturated rings. The molecule has 1 aromatic rings. The normalized spacial score (nSPS) is 19.5. The smallest absolute Gasteiger partial charge is 0.337 e. The number of ether oxygens (including phenoxy) is 1. The summed E-state index contributed by atoms with van der Waals surface area (Å²) in [6, 6.07) is 7.26. The van der Waals surface area contributed by atoms with E-state index in [4.69, 9.17) is 0 Å². The molecule has 5 nitrogen and oxygen atoms in total. The highest BCUT2D eigenvalue weighted by molar-refractivity contribution is 5.89. The molecule has 108 valence electrons. The van der Waals surface area contributed by atoms with Gasteiger partial charge in [0.15, 0.2) is 0 Å². The molecule has 0 radical (unpaired) electrons. The van der Waals surface area contributed by atoms with Gasteiger partial charge in [-0.3, -0.25) is 9.69 Å². The van der Waals surface area contributed by atoms with Crippen molar-refractivity contribution >= 4 is 11.9 Å². The Kier molecular flexibility index (Phi) is 4.74. The zero-order valence-electron chi connectivity index (χ0n) is 11.9. The van der Waals surface area contributed by atoms with Gasteiger partial charge in [-0.25, -0.2) is 4.79 Å². The van der Waals surface area contributed by atoms with Crippen molar-refractivity contribution < 1.29 is 14.3 Å². The summed E-state index contributed by atoms with van der Waals surface area (Å²) in [5.74, 6) is -0.231. The van der Waals surface area contributed by atoms with Crippen molar-refractivity contribution in [3.8, 4) is 0 Å². The zero-order valence-corrected chi connectivity index (χ0v) is 11.9. The summed E-state index contributed by atoms with van der Waals surface area (Å²) in [6.07, 6.45) is 0.798. The number of carbonyl (C=O) groups is 2. The van der Waals surface area contributed by atoms with E-state index in [0.29, 0.717) is 18.7 Å². The Morgan fingerprint density at radius 3 is 2.70 bits per heavy atom. The van der Waals surface area contributed by atoms with Crippen molar-refractivity contribution in [2.75, 3.05) is 20.2 Å². The molecule has 1 N–H and O–H groups in total. The van der Waals surface area contributed by atoms with Crippen molar-refractivity contribution in [1.82, 2.24) is 10.2 Å². The number of rotatable bonds is 4. The SMILES string of the molecule is CC[C@@H]1C(=O)NCCN1Cc1ccc(C(=O)OC)cc1. The first-order chi connectivity index (χ1) is 9.65. The second-order valence-electron chi connectivity index (χ2n) is 4.87. The Morgan fingerprint density at radius 1 is 1.40 bits per heavy atom. The third-order valence-electron chi connectivity index (χ3n) is 3.59. The number of amides is 1. The maximum atomic E-state index is 11.8. The second-order valence-corrected chi connectivity index (χ2v) is 4.87. The molecule has 1 amide bonds. The Hall–Kier alpha value is -1.88. The third kappa shape index (κ3) is 3.17. The average Bonchev–Trinajstić information content (AvgIpc) is 2.47. The number of hydrogen-bond donors (Lipinski definition) is 1. The summed E-state index contributed by atoms with van der Waals surface area (Å²) in [4.78, 5) is 25.3. The van der Waals surface area contributed by atoms with Crippen LogP contribution < -0.4 is 5.32 Å². The van der Waals surface area contributed by atoms with Crippen LogP contribution in [0.5, 0.6) is 0 Å². The van der Waals surface area contributed by atoms with Crippen LogP contribution in [0.2, 0.25) is 0 Å². The molecule has 2 rings (SSSR count). The van der Waals surface area contributed by atoms with Gasteiger partial charge < -0.3 is 10.1 Å². The molecule has 20 heavy (non-hydrogen) atoms. The molecule has 1 saturated heterocycles. The quantitative estimate of drug-likeness (QED) is 0.839. The lowest BCUT2D eigenvalue weighted by molar-refractivity contribution is -0.129. The van der Waals surface area contributed by atoms with Crippen LogP contribution in [0.3, 0.4) is 0 Å². The van der Waals surface area contributed by atoms with Crippen molar-refractivity contribution in [2.24, 2.45) is 0 Å². The maximum absolute atomic E-state index is 11.8. The van der Waals surface area contributed by atoms with Crippen molar-refractivity contribution in [1.29, 1.82) is 0 Å². The fourth-order valence-electron chi connectivity index (χ4n) is 2.49. The van der Waals surface area contributed by atoms with Gasteiger partial charge in [-0.05, 0) is 24.1 Å². The van der Waals surface area contributed by atoms with Crippen LogP contribution in [0, 0.1) is 0 Å². The highest BCUT2D eigenvalue weighted by atomic mass is 16.5. The van der Waals surface area contributed by atoms with E-state index in [1.54, 1.807) is 12.1 Å². The lowest BCUT2D eigenvalue weighted by Gasteiger charge is -2.34. The van der Waals surface area contributed by atoms with E-state index in [0.717, 1.165) is 18.5 Å². The molecule has 0 saturated carbocycles. The topological polar surface area (TPSA) is 58.6 Å². The molecule has 0 aromatic heterocycles. The first kappa shape index (κ1) is 14.5. The second kappa shape index (κ2) is 6.52. The molecular formula is C15H20N2O3.